The van der Waals surface area contributed by atoms with Gasteiger partial charge in [0.15, 0.2) is 0 Å². The Bertz CT molecular complexity index is 471. The molecule has 2 N–H and O–H groups in total. The van der Waals surface area contributed by atoms with Crippen LogP contribution in [0.25, 0.3) is 10.9 Å². The molecule has 1 amide bonds. The van der Waals surface area contributed by atoms with Crippen molar-refractivity contribution >= 4 is 16.8 Å². The third-order valence-electron chi connectivity index (χ3n) is 2.16. The van der Waals surface area contributed by atoms with E-state index in [0.717, 1.165) is 10.9 Å². The first kappa shape index (κ1) is 11.3. The van der Waals surface area contributed by atoms with Gasteiger partial charge in [0.2, 0.25) is 0 Å². The standard InChI is InChI=1S/C10H10N2O.C2H6/c1-12-6-8(10(11)13)7-4-2-3-5-9(7)12;1-2/h2-6H,1H3,(H2,11,13);1-2H3. The van der Waals surface area contributed by atoms with Crippen molar-refractivity contribution in [3.63, 3.8) is 0 Å². The van der Waals surface area contributed by atoms with Crippen molar-refractivity contribution in [1.29, 1.82) is 0 Å². The van der Waals surface area contributed by atoms with Crippen LogP contribution in [0, 0.1) is 0 Å². The lowest BCUT2D eigenvalue weighted by Gasteiger charge is -1.92. The van der Waals surface area contributed by atoms with Crippen molar-refractivity contribution < 1.29 is 4.79 Å². The number of carbonyl (C=O) groups is 1. The van der Waals surface area contributed by atoms with Gasteiger partial charge in [-0.25, -0.2) is 0 Å². The van der Waals surface area contributed by atoms with E-state index < -0.39 is 0 Å². The summed E-state index contributed by atoms with van der Waals surface area (Å²) >= 11 is 0. The van der Waals surface area contributed by atoms with Gasteiger partial charge in [-0.1, -0.05) is 32.0 Å². The van der Waals surface area contributed by atoms with Gasteiger partial charge in [-0.3, -0.25) is 4.79 Å². The van der Waals surface area contributed by atoms with Crippen LogP contribution < -0.4 is 5.73 Å². The van der Waals surface area contributed by atoms with Gasteiger partial charge in [-0.2, -0.15) is 0 Å². The first-order valence-corrected chi connectivity index (χ1v) is 5.04. The molecule has 1 heterocycles. The Balaban J connectivity index is 0.000000531. The number of hydrogen-bond donors (Lipinski definition) is 1. The molecule has 0 saturated carbocycles. The summed E-state index contributed by atoms with van der Waals surface area (Å²) in [5.41, 5.74) is 6.85. The van der Waals surface area contributed by atoms with Crippen molar-refractivity contribution in [2.45, 2.75) is 13.8 Å². The molecule has 80 valence electrons. The Labute approximate surface area is 89.5 Å². The average molecular weight is 204 g/mol. The molecule has 1 aromatic carbocycles. The predicted molar refractivity (Wildman–Crippen MR) is 62.8 cm³/mol. The number of rotatable bonds is 1. The summed E-state index contributed by atoms with van der Waals surface area (Å²) in [6.07, 6.45) is 1.76. The number of aryl methyl sites for hydroxylation is 1. The Morgan fingerprint density at radius 1 is 1.27 bits per heavy atom. The molecule has 2 rings (SSSR count). The van der Waals surface area contributed by atoms with E-state index in [1.54, 1.807) is 6.20 Å². The molecular weight excluding hydrogens is 188 g/mol. The largest absolute Gasteiger partial charge is 0.366 e. The summed E-state index contributed by atoms with van der Waals surface area (Å²) in [6.45, 7) is 4.00. The Kier molecular flexibility index (Phi) is 3.50. The molecule has 0 unspecified atom stereocenters. The van der Waals surface area contributed by atoms with Gasteiger partial charge in [0.25, 0.3) is 5.91 Å². The van der Waals surface area contributed by atoms with Crippen molar-refractivity contribution in [1.82, 2.24) is 4.57 Å². The van der Waals surface area contributed by atoms with E-state index in [-0.39, 0.29) is 5.91 Å². The summed E-state index contributed by atoms with van der Waals surface area (Å²) in [7, 11) is 1.90. The number of nitrogens with two attached hydrogens (primary N) is 1. The van der Waals surface area contributed by atoms with Crippen molar-refractivity contribution in [3.8, 4) is 0 Å². The van der Waals surface area contributed by atoms with Crippen LogP contribution in [-0.4, -0.2) is 10.5 Å². The maximum Gasteiger partial charge on any atom is 0.250 e. The molecule has 2 aromatic rings. The molecule has 0 atom stereocenters. The Morgan fingerprint density at radius 3 is 2.47 bits per heavy atom. The van der Waals surface area contributed by atoms with E-state index in [4.69, 9.17) is 5.73 Å². The predicted octanol–water partition coefficient (Wildman–Crippen LogP) is 2.30. The van der Waals surface area contributed by atoms with E-state index in [0.29, 0.717) is 5.56 Å². The minimum atomic E-state index is -0.378. The van der Waals surface area contributed by atoms with Gasteiger partial charge in [0.05, 0.1) is 5.56 Å². The van der Waals surface area contributed by atoms with Crippen LogP contribution in [0.3, 0.4) is 0 Å². The lowest BCUT2D eigenvalue weighted by atomic mass is 10.2. The first-order chi connectivity index (χ1) is 7.20. The number of carbonyl (C=O) groups excluding carboxylic acids is 1. The monoisotopic (exact) mass is 204 g/mol. The number of nitrogens with zero attached hydrogens (tertiary/aromatic N) is 1. The average Bonchev–Trinajstić information content (AvgIpc) is 2.60. The molecule has 0 radical (unpaired) electrons. The van der Waals surface area contributed by atoms with Crippen LogP contribution in [0.5, 0.6) is 0 Å². The molecule has 3 heteroatoms. The van der Waals surface area contributed by atoms with Crippen LogP contribution >= 0.6 is 0 Å². The molecule has 0 saturated heterocycles. The zero-order valence-corrected chi connectivity index (χ0v) is 9.32. The second-order valence-electron chi connectivity index (χ2n) is 3.04. The molecule has 0 fully saturated rings. The Morgan fingerprint density at radius 2 is 1.87 bits per heavy atom. The summed E-state index contributed by atoms with van der Waals surface area (Å²) < 4.78 is 1.90. The molecule has 0 aliphatic carbocycles. The number of hydrogen-bond acceptors (Lipinski definition) is 1. The van der Waals surface area contributed by atoms with E-state index in [1.165, 1.54) is 0 Å². The minimum absolute atomic E-state index is 0.378. The van der Waals surface area contributed by atoms with E-state index >= 15 is 0 Å². The highest BCUT2D eigenvalue weighted by molar-refractivity contribution is 6.06. The maximum absolute atomic E-state index is 11.0. The summed E-state index contributed by atoms with van der Waals surface area (Å²) in [5.74, 6) is -0.378. The fourth-order valence-corrected chi connectivity index (χ4v) is 1.54. The van der Waals surface area contributed by atoms with E-state index in [1.807, 2.05) is 49.7 Å². The summed E-state index contributed by atoms with van der Waals surface area (Å²) in [5, 5.41) is 0.914. The van der Waals surface area contributed by atoms with E-state index in [2.05, 4.69) is 0 Å². The van der Waals surface area contributed by atoms with Crippen molar-refractivity contribution in [3.05, 3.63) is 36.0 Å². The molecule has 1 aromatic heterocycles. The highest BCUT2D eigenvalue weighted by Gasteiger charge is 2.09. The summed E-state index contributed by atoms with van der Waals surface area (Å²) in [4.78, 5) is 11.0. The third-order valence-corrected chi connectivity index (χ3v) is 2.16. The fourth-order valence-electron chi connectivity index (χ4n) is 1.54. The van der Waals surface area contributed by atoms with Crippen LogP contribution in [0.4, 0.5) is 0 Å². The smallest absolute Gasteiger partial charge is 0.250 e. The van der Waals surface area contributed by atoms with Gasteiger partial charge >= 0.3 is 0 Å². The normalized spacial score (nSPS) is 9.53. The molecule has 3 nitrogen and oxygen atoms in total. The lowest BCUT2D eigenvalue weighted by molar-refractivity contribution is 0.100. The van der Waals surface area contributed by atoms with Crippen molar-refractivity contribution in [2.75, 3.05) is 0 Å². The van der Waals surface area contributed by atoms with Crippen LogP contribution in [0.1, 0.15) is 24.2 Å². The number of aromatic nitrogens is 1. The molecule has 15 heavy (non-hydrogen) atoms. The zero-order valence-electron chi connectivity index (χ0n) is 9.32. The quantitative estimate of drug-likeness (QED) is 0.761. The fraction of sp³-hybridized carbons (Fsp3) is 0.250. The molecule has 0 bridgehead atoms. The van der Waals surface area contributed by atoms with Gasteiger partial charge < -0.3 is 10.3 Å². The van der Waals surface area contributed by atoms with Gasteiger partial charge in [-0.15, -0.1) is 0 Å². The van der Waals surface area contributed by atoms with Gasteiger partial charge in [0.1, 0.15) is 0 Å². The van der Waals surface area contributed by atoms with Crippen molar-refractivity contribution in [2.24, 2.45) is 12.8 Å². The first-order valence-electron chi connectivity index (χ1n) is 5.04. The number of para-hydroxylation sites is 1. The maximum atomic E-state index is 11.0. The molecule has 0 aliphatic heterocycles. The Hall–Kier alpha value is -1.77. The van der Waals surface area contributed by atoms with Crippen LogP contribution in [0.15, 0.2) is 30.5 Å². The lowest BCUT2D eigenvalue weighted by Crippen LogP contribution is -2.09. The summed E-state index contributed by atoms with van der Waals surface area (Å²) in [6, 6.07) is 7.69. The highest BCUT2D eigenvalue weighted by atomic mass is 16.1. The number of amides is 1. The van der Waals surface area contributed by atoms with Gasteiger partial charge in [-0.05, 0) is 6.07 Å². The zero-order chi connectivity index (χ0) is 11.4. The second kappa shape index (κ2) is 4.64. The van der Waals surface area contributed by atoms with Crippen LogP contribution in [0.2, 0.25) is 0 Å². The topological polar surface area (TPSA) is 48.0 Å². The molecular formula is C12H16N2O. The second-order valence-corrected chi connectivity index (χ2v) is 3.04. The number of fused-ring (bicyclic) bond motifs is 1. The minimum Gasteiger partial charge on any atom is -0.366 e. The number of primary amides is 1. The SMILES string of the molecule is CC.Cn1cc(C(N)=O)c2ccccc21. The molecule has 0 aliphatic rings. The molecule has 0 spiro atoms. The van der Waals surface area contributed by atoms with Gasteiger partial charge in [0, 0.05) is 24.1 Å². The third kappa shape index (κ3) is 2.01. The number of benzene rings is 1. The van der Waals surface area contributed by atoms with Crippen LogP contribution in [-0.2, 0) is 7.05 Å². The van der Waals surface area contributed by atoms with E-state index in [9.17, 15) is 4.79 Å². The highest BCUT2D eigenvalue weighted by Crippen LogP contribution is 2.19.